The standard InChI is InChI=1S/C24H26N2O3/c1-17(2)25(21-8-6-5-7-9-21)23(27)16-29-24(28)20-12-14-22(15-13-20)26-18(3)10-11-19(26)4/h5-15,17H,16H2,1-4H3. The minimum absolute atomic E-state index is 0.0454. The van der Waals surface area contributed by atoms with Crippen molar-refractivity contribution in [1.29, 1.82) is 0 Å². The predicted octanol–water partition coefficient (Wildman–Crippen LogP) is 4.69. The summed E-state index contributed by atoms with van der Waals surface area (Å²) in [5, 5.41) is 0. The molecule has 150 valence electrons. The zero-order valence-corrected chi connectivity index (χ0v) is 17.3. The lowest BCUT2D eigenvalue weighted by Crippen LogP contribution is -2.39. The van der Waals surface area contributed by atoms with Crippen LogP contribution in [0.1, 0.15) is 35.6 Å². The van der Waals surface area contributed by atoms with Crippen LogP contribution in [-0.4, -0.2) is 29.1 Å². The highest BCUT2D eigenvalue weighted by molar-refractivity contribution is 5.97. The van der Waals surface area contributed by atoms with Gasteiger partial charge in [-0.1, -0.05) is 18.2 Å². The number of carbonyl (C=O) groups is 2. The Labute approximate surface area is 171 Å². The number of ether oxygens (including phenoxy) is 1. The average molecular weight is 390 g/mol. The van der Waals surface area contributed by atoms with Crippen molar-refractivity contribution in [2.75, 3.05) is 11.5 Å². The molecule has 3 rings (SSSR count). The lowest BCUT2D eigenvalue weighted by Gasteiger charge is -2.26. The molecule has 0 saturated heterocycles. The Morgan fingerprint density at radius 1 is 0.897 bits per heavy atom. The Bertz CT molecular complexity index is 969. The first-order valence-corrected chi connectivity index (χ1v) is 9.68. The van der Waals surface area contributed by atoms with E-state index in [4.69, 9.17) is 4.74 Å². The summed E-state index contributed by atoms with van der Waals surface area (Å²) in [6.45, 7) is 7.62. The Balaban J connectivity index is 1.66. The lowest BCUT2D eigenvalue weighted by atomic mass is 10.2. The molecule has 1 aromatic heterocycles. The maximum absolute atomic E-state index is 12.7. The Morgan fingerprint density at radius 2 is 1.48 bits per heavy atom. The second-order valence-corrected chi connectivity index (χ2v) is 7.27. The van der Waals surface area contributed by atoms with Crippen molar-refractivity contribution in [2.45, 2.75) is 33.7 Å². The molecule has 0 saturated carbocycles. The van der Waals surface area contributed by atoms with Gasteiger partial charge in [-0.05, 0) is 76.2 Å². The number of carbonyl (C=O) groups excluding carboxylic acids is 2. The molecule has 1 amide bonds. The van der Waals surface area contributed by atoms with Crippen LogP contribution in [0, 0.1) is 13.8 Å². The maximum Gasteiger partial charge on any atom is 0.338 e. The first-order valence-electron chi connectivity index (χ1n) is 9.68. The number of nitrogens with zero attached hydrogens (tertiary/aromatic N) is 2. The molecule has 0 fully saturated rings. The number of anilines is 1. The molecule has 0 bridgehead atoms. The summed E-state index contributed by atoms with van der Waals surface area (Å²) in [5.74, 6) is -0.766. The van der Waals surface area contributed by atoms with Crippen LogP contribution in [0.4, 0.5) is 5.69 Å². The number of aromatic nitrogens is 1. The van der Waals surface area contributed by atoms with E-state index in [-0.39, 0.29) is 18.6 Å². The number of amides is 1. The molecule has 3 aromatic rings. The molecule has 0 radical (unpaired) electrons. The van der Waals surface area contributed by atoms with Crippen molar-refractivity contribution in [3.63, 3.8) is 0 Å². The van der Waals surface area contributed by atoms with Crippen LogP contribution in [0.3, 0.4) is 0 Å². The van der Waals surface area contributed by atoms with E-state index in [1.54, 1.807) is 17.0 Å². The van der Waals surface area contributed by atoms with E-state index < -0.39 is 5.97 Å². The van der Waals surface area contributed by atoms with Gasteiger partial charge in [-0.3, -0.25) is 4.79 Å². The van der Waals surface area contributed by atoms with Crippen molar-refractivity contribution < 1.29 is 14.3 Å². The molecule has 0 spiro atoms. The van der Waals surface area contributed by atoms with Gasteiger partial charge in [-0.15, -0.1) is 0 Å². The summed E-state index contributed by atoms with van der Waals surface area (Å²) in [5.41, 5.74) is 4.43. The number of aryl methyl sites for hydroxylation is 2. The van der Waals surface area contributed by atoms with E-state index in [1.165, 1.54) is 0 Å². The van der Waals surface area contributed by atoms with Crippen molar-refractivity contribution >= 4 is 17.6 Å². The van der Waals surface area contributed by atoms with Crippen LogP contribution < -0.4 is 4.90 Å². The fraction of sp³-hybridized carbons (Fsp3) is 0.250. The van der Waals surface area contributed by atoms with Gasteiger partial charge in [0, 0.05) is 28.8 Å². The number of rotatable bonds is 6. The van der Waals surface area contributed by atoms with E-state index in [1.807, 2.05) is 70.2 Å². The molecule has 0 N–H and O–H groups in total. The van der Waals surface area contributed by atoms with Crippen LogP contribution in [0.2, 0.25) is 0 Å². The minimum Gasteiger partial charge on any atom is -0.452 e. The topological polar surface area (TPSA) is 51.5 Å². The van der Waals surface area contributed by atoms with Crippen LogP contribution in [0.25, 0.3) is 5.69 Å². The van der Waals surface area contributed by atoms with E-state index in [2.05, 4.69) is 16.7 Å². The van der Waals surface area contributed by atoms with E-state index >= 15 is 0 Å². The van der Waals surface area contributed by atoms with Gasteiger partial charge in [0.1, 0.15) is 0 Å². The van der Waals surface area contributed by atoms with Crippen LogP contribution in [-0.2, 0) is 9.53 Å². The summed E-state index contributed by atoms with van der Waals surface area (Å²) >= 11 is 0. The van der Waals surface area contributed by atoms with Gasteiger partial charge >= 0.3 is 5.97 Å². The van der Waals surface area contributed by atoms with E-state index in [0.717, 1.165) is 22.8 Å². The second-order valence-electron chi connectivity index (χ2n) is 7.27. The fourth-order valence-electron chi connectivity index (χ4n) is 3.42. The largest absolute Gasteiger partial charge is 0.452 e. The van der Waals surface area contributed by atoms with Crippen molar-refractivity contribution in [3.05, 3.63) is 83.7 Å². The first-order chi connectivity index (χ1) is 13.9. The molecule has 5 nitrogen and oxygen atoms in total. The van der Waals surface area contributed by atoms with Crippen molar-refractivity contribution in [2.24, 2.45) is 0 Å². The lowest BCUT2D eigenvalue weighted by molar-refractivity contribution is -0.122. The number of para-hydroxylation sites is 1. The third-order valence-electron chi connectivity index (χ3n) is 4.78. The van der Waals surface area contributed by atoms with Gasteiger partial charge in [0.15, 0.2) is 6.61 Å². The highest BCUT2D eigenvalue weighted by Crippen LogP contribution is 2.18. The molecule has 2 aromatic carbocycles. The zero-order chi connectivity index (χ0) is 21.0. The van der Waals surface area contributed by atoms with Crippen LogP contribution in [0.5, 0.6) is 0 Å². The number of hydrogen-bond donors (Lipinski definition) is 0. The molecule has 0 atom stereocenters. The predicted molar refractivity (Wildman–Crippen MR) is 115 cm³/mol. The van der Waals surface area contributed by atoms with Gasteiger partial charge in [-0.25, -0.2) is 4.79 Å². The van der Waals surface area contributed by atoms with Crippen molar-refractivity contribution in [3.8, 4) is 5.69 Å². The summed E-state index contributed by atoms with van der Waals surface area (Å²) in [6.07, 6.45) is 0. The highest BCUT2D eigenvalue weighted by Gasteiger charge is 2.20. The Hall–Kier alpha value is -3.34. The quantitative estimate of drug-likeness (QED) is 0.574. The van der Waals surface area contributed by atoms with Gasteiger partial charge in [0.05, 0.1) is 5.56 Å². The monoisotopic (exact) mass is 390 g/mol. The van der Waals surface area contributed by atoms with Gasteiger partial charge in [0.25, 0.3) is 5.91 Å². The third-order valence-corrected chi connectivity index (χ3v) is 4.78. The smallest absolute Gasteiger partial charge is 0.338 e. The molecule has 5 heteroatoms. The summed E-state index contributed by atoms with van der Waals surface area (Å²) in [7, 11) is 0. The van der Waals surface area contributed by atoms with Gasteiger partial charge in [-0.2, -0.15) is 0 Å². The highest BCUT2D eigenvalue weighted by atomic mass is 16.5. The summed E-state index contributed by atoms with van der Waals surface area (Å²) in [4.78, 5) is 26.7. The third kappa shape index (κ3) is 4.57. The number of benzene rings is 2. The van der Waals surface area contributed by atoms with E-state index in [9.17, 15) is 9.59 Å². The Kier molecular flexibility index (Phi) is 6.17. The van der Waals surface area contributed by atoms with E-state index in [0.29, 0.717) is 5.56 Å². The second kappa shape index (κ2) is 8.78. The molecule has 0 aliphatic heterocycles. The molecule has 1 heterocycles. The molecular weight excluding hydrogens is 364 g/mol. The molecular formula is C24H26N2O3. The summed E-state index contributed by atoms with van der Waals surface area (Å²) in [6, 6.07) is 20.6. The molecule has 0 aliphatic carbocycles. The maximum atomic E-state index is 12.7. The number of esters is 1. The normalized spacial score (nSPS) is 10.8. The SMILES string of the molecule is Cc1ccc(C)n1-c1ccc(C(=O)OCC(=O)N(c2ccccc2)C(C)C)cc1. The molecule has 0 unspecified atom stereocenters. The average Bonchev–Trinajstić information content (AvgIpc) is 3.05. The molecule has 0 aliphatic rings. The van der Waals surface area contributed by atoms with Gasteiger partial charge < -0.3 is 14.2 Å². The fourth-order valence-corrected chi connectivity index (χ4v) is 3.42. The van der Waals surface area contributed by atoms with Crippen molar-refractivity contribution in [1.82, 2.24) is 4.57 Å². The Morgan fingerprint density at radius 3 is 2.03 bits per heavy atom. The van der Waals surface area contributed by atoms with Crippen LogP contribution >= 0.6 is 0 Å². The van der Waals surface area contributed by atoms with Gasteiger partial charge in [0.2, 0.25) is 0 Å². The summed E-state index contributed by atoms with van der Waals surface area (Å²) < 4.78 is 7.39. The molecule has 29 heavy (non-hydrogen) atoms. The minimum atomic E-state index is -0.511. The number of hydrogen-bond acceptors (Lipinski definition) is 3. The first kappa shape index (κ1) is 20.4. The van der Waals surface area contributed by atoms with Crippen LogP contribution in [0.15, 0.2) is 66.7 Å². The zero-order valence-electron chi connectivity index (χ0n) is 17.3.